The Morgan fingerprint density at radius 3 is 2.95 bits per heavy atom. The van der Waals surface area contributed by atoms with E-state index >= 15 is 0 Å². The van der Waals surface area contributed by atoms with Gasteiger partial charge < -0.3 is 14.7 Å². The van der Waals surface area contributed by atoms with Crippen molar-refractivity contribution in [3.8, 4) is 0 Å². The van der Waals surface area contributed by atoms with Crippen LogP contribution in [0.15, 0.2) is 16.8 Å². The quantitative estimate of drug-likeness (QED) is 0.929. The zero-order valence-electron chi connectivity index (χ0n) is 12.4. The molecule has 112 valence electrons. The fraction of sp³-hybridized carbons (Fsp3) is 0.533. The second kappa shape index (κ2) is 5.81. The van der Waals surface area contributed by atoms with Crippen LogP contribution < -0.4 is 5.32 Å². The molecule has 2 aromatic rings. The Labute approximate surface area is 123 Å². The number of nitrogens with one attached hydrogen (secondary N) is 1. The van der Waals surface area contributed by atoms with Crippen molar-refractivity contribution in [3.63, 3.8) is 0 Å². The predicted octanol–water partition coefficient (Wildman–Crippen LogP) is 1.60. The zero-order valence-corrected chi connectivity index (χ0v) is 12.4. The number of rotatable bonds is 3. The van der Waals surface area contributed by atoms with Gasteiger partial charge in [-0.1, -0.05) is 5.16 Å². The summed E-state index contributed by atoms with van der Waals surface area (Å²) in [5.41, 5.74) is 1.86. The van der Waals surface area contributed by atoms with Crippen molar-refractivity contribution in [2.75, 3.05) is 26.7 Å². The van der Waals surface area contributed by atoms with Gasteiger partial charge >= 0.3 is 0 Å². The van der Waals surface area contributed by atoms with Crippen LogP contribution in [0.1, 0.15) is 28.9 Å². The van der Waals surface area contributed by atoms with Gasteiger partial charge in [0.25, 0.3) is 11.6 Å². The van der Waals surface area contributed by atoms with Crippen LogP contribution in [0.2, 0.25) is 0 Å². The molecule has 21 heavy (non-hydrogen) atoms. The lowest BCUT2D eigenvalue weighted by atomic mass is 9.96. The summed E-state index contributed by atoms with van der Waals surface area (Å²) in [6.45, 7) is 4.50. The number of carbonyl (C=O) groups is 1. The number of aromatic nitrogens is 2. The summed E-state index contributed by atoms with van der Waals surface area (Å²) in [6, 6.07) is 1.83. The average Bonchev–Trinajstić information content (AvgIpc) is 2.89. The van der Waals surface area contributed by atoms with Crippen molar-refractivity contribution < 1.29 is 9.32 Å². The number of pyridine rings is 1. The van der Waals surface area contributed by atoms with Crippen LogP contribution in [0.5, 0.6) is 0 Å². The number of likely N-dealkylation sites (tertiary alicyclic amines) is 1. The molecule has 1 saturated heterocycles. The van der Waals surface area contributed by atoms with E-state index in [9.17, 15) is 4.79 Å². The van der Waals surface area contributed by atoms with Gasteiger partial charge in [0.1, 0.15) is 0 Å². The number of piperidine rings is 1. The molecule has 3 heterocycles. The van der Waals surface area contributed by atoms with E-state index in [1.165, 1.54) is 0 Å². The van der Waals surface area contributed by atoms with Crippen LogP contribution in [0, 0.1) is 12.8 Å². The third-order valence-electron chi connectivity index (χ3n) is 4.15. The van der Waals surface area contributed by atoms with Gasteiger partial charge in [0.15, 0.2) is 0 Å². The third-order valence-corrected chi connectivity index (χ3v) is 4.15. The highest BCUT2D eigenvalue weighted by Gasteiger charge is 2.24. The summed E-state index contributed by atoms with van der Waals surface area (Å²) in [5.74, 6) is 0.716. The fourth-order valence-corrected chi connectivity index (χ4v) is 2.87. The molecule has 0 unspecified atom stereocenters. The molecule has 0 atom stereocenters. The van der Waals surface area contributed by atoms with Crippen molar-refractivity contribution in [1.29, 1.82) is 0 Å². The van der Waals surface area contributed by atoms with Gasteiger partial charge in [-0.05, 0) is 45.3 Å². The van der Waals surface area contributed by atoms with Gasteiger partial charge in [0.2, 0.25) is 0 Å². The van der Waals surface area contributed by atoms with Crippen LogP contribution >= 0.6 is 0 Å². The molecule has 3 rings (SSSR count). The molecule has 2 aromatic heterocycles. The van der Waals surface area contributed by atoms with Crippen LogP contribution in [-0.2, 0) is 0 Å². The molecule has 0 spiro atoms. The molecule has 0 aromatic carbocycles. The maximum Gasteiger partial charge on any atom is 0.257 e. The van der Waals surface area contributed by atoms with E-state index in [1.807, 2.05) is 24.9 Å². The van der Waals surface area contributed by atoms with Crippen molar-refractivity contribution in [2.24, 2.45) is 5.92 Å². The molecule has 1 amide bonds. The molecule has 0 radical (unpaired) electrons. The van der Waals surface area contributed by atoms with Gasteiger partial charge in [-0.15, -0.1) is 0 Å². The summed E-state index contributed by atoms with van der Waals surface area (Å²) in [4.78, 5) is 18.7. The number of aryl methyl sites for hydroxylation is 1. The molecular formula is C15H20N4O2. The summed E-state index contributed by atoms with van der Waals surface area (Å²) >= 11 is 0. The Balaban J connectivity index is 1.73. The van der Waals surface area contributed by atoms with E-state index in [0.29, 0.717) is 17.2 Å². The summed E-state index contributed by atoms with van der Waals surface area (Å²) in [5, 5.41) is 7.89. The standard InChI is InChI=1S/C15H20N4O2/c1-10-13-7-12(9-17-14(13)21-18-10)15(20)19-5-3-11(4-6-19)8-16-2/h7,9,11,16H,3-6,8H2,1-2H3. The minimum Gasteiger partial charge on any atom is -0.339 e. The zero-order chi connectivity index (χ0) is 14.8. The first kappa shape index (κ1) is 14.0. The minimum absolute atomic E-state index is 0.0490. The minimum atomic E-state index is 0.0490. The number of amides is 1. The molecule has 6 heteroatoms. The van der Waals surface area contributed by atoms with Crippen molar-refractivity contribution in [1.82, 2.24) is 20.4 Å². The van der Waals surface area contributed by atoms with Crippen molar-refractivity contribution in [3.05, 3.63) is 23.5 Å². The monoisotopic (exact) mass is 288 g/mol. The Bertz CT molecular complexity index is 644. The highest BCUT2D eigenvalue weighted by molar-refractivity contribution is 5.97. The van der Waals surface area contributed by atoms with Gasteiger partial charge in [0, 0.05) is 19.3 Å². The highest BCUT2D eigenvalue weighted by Crippen LogP contribution is 2.21. The van der Waals surface area contributed by atoms with Crippen LogP contribution in [-0.4, -0.2) is 47.6 Å². The molecule has 1 aliphatic rings. The normalized spacial score (nSPS) is 16.6. The number of nitrogens with zero attached hydrogens (tertiary/aromatic N) is 3. The summed E-state index contributed by atoms with van der Waals surface area (Å²) in [6.07, 6.45) is 3.68. The van der Waals surface area contributed by atoms with Crippen LogP contribution in [0.3, 0.4) is 0 Å². The number of carbonyl (C=O) groups excluding carboxylic acids is 1. The van der Waals surface area contributed by atoms with Gasteiger partial charge in [0.05, 0.1) is 16.6 Å². The topological polar surface area (TPSA) is 71.3 Å². The molecule has 1 fully saturated rings. The Hall–Kier alpha value is -1.95. The Morgan fingerprint density at radius 1 is 1.48 bits per heavy atom. The Kier molecular flexibility index (Phi) is 3.88. The molecule has 0 aliphatic carbocycles. The van der Waals surface area contributed by atoms with Crippen LogP contribution in [0.25, 0.3) is 11.1 Å². The number of fused-ring (bicyclic) bond motifs is 1. The lowest BCUT2D eigenvalue weighted by molar-refractivity contribution is 0.0690. The SMILES string of the molecule is CNCC1CCN(C(=O)c2cnc3onc(C)c3c2)CC1. The molecular weight excluding hydrogens is 268 g/mol. The highest BCUT2D eigenvalue weighted by atomic mass is 16.5. The second-order valence-electron chi connectivity index (χ2n) is 5.64. The maximum atomic E-state index is 12.6. The van der Waals surface area contributed by atoms with E-state index < -0.39 is 0 Å². The molecule has 1 aliphatic heterocycles. The summed E-state index contributed by atoms with van der Waals surface area (Å²) in [7, 11) is 1.97. The lowest BCUT2D eigenvalue weighted by Crippen LogP contribution is -2.40. The fourth-order valence-electron chi connectivity index (χ4n) is 2.87. The predicted molar refractivity (Wildman–Crippen MR) is 79.1 cm³/mol. The molecule has 0 saturated carbocycles. The average molecular weight is 288 g/mol. The molecule has 6 nitrogen and oxygen atoms in total. The summed E-state index contributed by atoms with van der Waals surface area (Å²) < 4.78 is 5.08. The number of hydrogen-bond donors (Lipinski definition) is 1. The number of hydrogen-bond acceptors (Lipinski definition) is 5. The van der Waals surface area contributed by atoms with Crippen molar-refractivity contribution in [2.45, 2.75) is 19.8 Å². The maximum absolute atomic E-state index is 12.6. The third kappa shape index (κ3) is 2.76. The van der Waals surface area contributed by atoms with E-state index in [1.54, 1.807) is 6.20 Å². The van der Waals surface area contributed by atoms with E-state index in [0.717, 1.165) is 43.6 Å². The first-order chi connectivity index (χ1) is 10.2. The van der Waals surface area contributed by atoms with Gasteiger partial charge in [-0.25, -0.2) is 4.98 Å². The Morgan fingerprint density at radius 2 is 2.24 bits per heavy atom. The van der Waals surface area contributed by atoms with E-state index in [4.69, 9.17) is 4.52 Å². The van der Waals surface area contributed by atoms with E-state index in [-0.39, 0.29) is 5.91 Å². The first-order valence-corrected chi connectivity index (χ1v) is 7.35. The van der Waals surface area contributed by atoms with Gasteiger partial charge in [-0.2, -0.15) is 0 Å². The molecule has 0 bridgehead atoms. The second-order valence-corrected chi connectivity index (χ2v) is 5.64. The first-order valence-electron chi connectivity index (χ1n) is 7.35. The van der Waals surface area contributed by atoms with E-state index in [2.05, 4.69) is 15.5 Å². The smallest absolute Gasteiger partial charge is 0.257 e. The van der Waals surface area contributed by atoms with Crippen molar-refractivity contribution >= 4 is 17.0 Å². The molecule has 1 N–H and O–H groups in total. The van der Waals surface area contributed by atoms with Gasteiger partial charge in [-0.3, -0.25) is 4.79 Å². The van der Waals surface area contributed by atoms with Crippen LogP contribution in [0.4, 0.5) is 0 Å². The largest absolute Gasteiger partial charge is 0.339 e. The lowest BCUT2D eigenvalue weighted by Gasteiger charge is -2.31.